The Kier molecular flexibility index (Phi) is 4.29. The Labute approximate surface area is 138 Å². The molecule has 6 heteroatoms. The van der Waals surface area contributed by atoms with Crippen LogP contribution in [0.2, 0.25) is 0 Å². The molecule has 122 valence electrons. The van der Waals surface area contributed by atoms with Gasteiger partial charge in [0.05, 0.1) is 5.69 Å². The molecule has 0 saturated heterocycles. The monoisotopic (exact) mass is 325 g/mol. The molecular formula is C18H16FN3O2. The highest BCUT2D eigenvalue weighted by molar-refractivity contribution is 5.78. The summed E-state index contributed by atoms with van der Waals surface area (Å²) in [5, 5.41) is 4.16. The highest BCUT2D eigenvalue weighted by Crippen LogP contribution is 2.27. The first-order valence-electron chi connectivity index (χ1n) is 7.40. The van der Waals surface area contributed by atoms with Gasteiger partial charge in [0.15, 0.2) is 6.10 Å². The molecule has 3 aromatic rings. The zero-order valence-electron chi connectivity index (χ0n) is 13.0. The largest absolute Gasteiger partial charge is 0.481 e. The van der Waals surface area contributed by atoms with E-state index in [1.54, 1.807) is 16.9 Å². The van der Waals surface area contributed by atoms with Crippen LogP contribution in [0.25, 0.3) is 16.8 Å². The van der Waals surface area contributed by atoms with Crippen LogP contribution in [-0.2, 0) is 4.79 Å². The van der Waals surface area contributed by atoms with Crippen LogP contribution in [0.5, 0.6) is 5.75 Å². The molecule has 2 N–H and O–H groups in total. The fourth-order valence-corrected chi connectivity index (χ4v) is 2.29. The normalized spacial score (nSPS) is 11.9. The van der Waals surface area contributed by atoms with Crippen LogP contribution >= 0.6 is 0 Å². The first-order valence-corrected chi connectivity index (χ1v) is 7.40. The number of aromatic nitrogens is 2. The molecule has 0 bridgehead atoms. The number of nitrogens with two attached hydrogens (primary N) is 1. The van der Waals surface area contributed by atoms with Crippen molar-refractivity contribution in [2.75, 3.05) is 0 Å². The minimum absolute atomic E-state index is 0.257. The third kappa shape index (κ3) is 3.43. The van der Waals surface area contributed by atoms with E-state index in [2.05, 4.69) is 5.10 Å². The van der Waals surface area contributed by atoms with Crippen LogP contribution < -0.4 is 10.5 Å². The standard InChI is InChI=1S/C18H16FN3O2/c1-12(18(20)23)24-17-10-14(9-15(19)11-17)13-3-5-16(6-4-13)22-8-2-7-21-22/h2-12H,1H3,(H2,20,23). The van der Waals surface area contributed by atoms with Crippen molar-refractivity contribution in [2.24, 2.45) is 5.73 Å². The number of carbonyl (C=O) groups is 1. The average Bonchev–Trinajstić information content (AvgIpc) is 3.09. The number of primary amides is 1. The lowest BCUT2D eigenvalue weighted by Gasteiger charge is -2.13. The molecule has 5 nitrogen and oxygen atoms in total. The molecule has 0 aliphatic rings. The lowest BCUT2D eigenvalue weighted by atomic mass is 10.0. The van der Waals surface area contributed by atoms with Gasteiger partial charge in [-0.05, 0) is 48.4 Å². The predicted molar refractivity (Wildman–Crippen MR) is 88.2 cm³/mol. The molecule has 1 aromatic heterocycles. The van der Waals surface area contributed by atoms with E-state index in [1.165, 1.54) is 19.1 Å². The number of hydrogen-bond acceptors (Lipinski definition) is 3. The molecule has 0 spiro atoms. The summed E-state index contributed by atoms with van der Waals surface area (Å²) in [6.45, 7) is 1.52. The topological polar surface area (TPSA) is 70.1 Å². The molecule has 0 aliphatic carbocycles. The number of hydrogen-bond donors (Lipinski definition) is 1. The zero-order valence-corrected chi connectivity index (χ0v) is 13.0. The van der Waals surface area contributed by atoms with Crippen molar-refractivity contribution in [3.05, 3.63) is 66.7 Å². The van der Waals surface area contributed by atoms with Crippen molar-refractivity contribution in [2.45, 2.75) is 13.0 Å². The van der Waals surface area contributed by atoms with Gasteiger partial charge in [-0.1, -0.05) is 12.1 Å². The molecule has 1 heterocycles. The summed E-state index contributed by atoms with van der Waals surface area (Å²) in [4.78, 5) is 11.1. The lowest BCUT2D eigenvalue weighted by Crippen LogP contribution is -2.30. The molecule has 3 rings (SSSR count). The van der Waals surface area contributed by atoms with Gasteiger partial charge in [-0.25, -0.2) is 9.07 Å². The summed E-state index contributed by atoms with van der Waals surface area (Å²) in [7, 11) is 0. The maximum absolute atomic E-state index is 13.9. The Morgan fingerprint density at radius 3 is 2.58 bits per heavy atom. The van der Waals surface area contributed by atoms with Crippen LogP contribution in [0.1, 0.15) is 6.92 Å². The SMILES string of the molecule is CC(Oc1cc(F)cc(-c2ccc(-n3cccn3)cc2)c1)C(N)=O. The molecule has 24 heavy (non-hydrogen) atoms. The van der Waals surface area contributed by atoms with Gasteiger partial charge >= 0.3 is 0 Å². The van der Waals surface area contributed by atoms with Crippen LogP contribution in [-0.4, -0.2) is 21.8 Å². The van der Waals surface area contributed by atoms with Gasteiger partial charge in [-0.15, -0.1) is 0 Å². The number of amides is 1. The molecule has 1 unspecified atom stereocenters. The smallest absolute Gasteiger partial charge is 0.258 e. The average molecular weight is 325 g/mol. The van der Waals surface area contributed by atoms with Crippen molar-refractivity contribution >= 4 is 5.91 Å². The van der Waals surface area contributed by atoms with Gasteiger partial charge < -0.3 is 10.5 Å². The molecule has 0 fully saturated rings. The Hall–Kier alpha value is -3.15. The van der Waals surface area contributed by atoms with Gasteiger partial charge in [0, 0.05) is 18.5 Å². The number of nitrogens with zero attached hydrogens (tertiary/aromatic N) is 2. The minimum Gasteiger partial charge on any atom is -0.481 e. The maximum Gasteiger partial charge on any atom is 0.258 e. The lowest BCUT2D eigenvalue weighted by molar-refractivity contribution is -0.123. The van der Waals surface area contributed by atoms with E-state index in [9.17, 15) is 9.18 Å². The Morgan fingerprint density at radius 1 is 1.21 bits per heavy atom. The second-order valence-electron chi connectivity index (χ2n) is 5.34. The molecule has 0 saturated carbocycles. The zero-order chi connectivity index (χ0) is 17.1. The van der Waals surface area contributed by atoms with Crippen LogP contribution in [0.15, 0.2) is 60.9 Å². The Morgan fingerprint density at radius 2 is 1.96 bits per heavy atom. The van der Waals surface area contributed by atoms with E-state index in [-0.39, 0.29) is 5.75 Å². The van der Waals surface area contributed by atoms with Crippen molar-refractivity contribution < 1.29 is 13.9 Å². The van der Waals surface area contributed by atoms with E-state index >= 15 is 0 Å². The molecule has 1 atom stereocenters. The Bertz CT molecular complexity index is 845. The first-order chi connectivity index (χ1) is 11.5. The van der Waals surface area contributed by atoms with E-state index in [0.29, 0.717) is 5.56 Å². The van der Waals surface area contributed by atoms with Gasteiger partial charge in [-0.2, -0.15) is 5.10 Å². The summed E-state index contributed by atoms with van der Waals surface area (Å²) in [6.07, 6.45) is 2.71. The van der Waals surface area contributed by atoms with Crippen LogP contribution in [0.4, 0.5) is 4.39 Å². The fraction of sp³-hybridized carbons (Fsp3) is 0.111. The van der Waals surface area contributed by atoms with Gasteiger partial charge in [-0.3, -0.25) is 4.79 Å². The predicted octanol–water partition coefficient (Wildman–Crippen LogP) is 2.93. The second-order valence-corrected chi connectivity index (χ2v) is 5.34. The summed E-state index contributed by atoms with van der Waals surface area (Å²) >= 11 is 0. The highest BCUT2D eigenvalue weighted by atomic mass is 19.1. The molecule has 1 amide bonds. The summed E-state index contributed by atoms with van der Waals surface area (Å²) in [5.74, 6) is -0.799. The maximum atomic E-state index is 13.9. The second kappa shape index (κ2) is 6.54. The molecular weight excluding hydrogens is 309 g/mol. The van der Waals surface area contributed by atoms with Crippen molar-refractivity contribution in [1.82, 2.24) is 9.78 Å². The fourth-order valence-electron chi connectivity index (χ4n) is 2.29. The minimum atomic E-state index is -0.832. The van der Waals surface area contributed by atoms with Crippen LogP contribution in [0.3, 0.4) is 0 Å². The molecule has 2 aromatic carbocycles. The van der Waals surface area contributed by atoms with Crippen molar-refractivity contribution in [3.63, 3.8) is 0 Å². The van der Waals surface area contributed by atoms with Crippen molar-refractivity contribution in [3.8, 4) is 22.6 Å². The quantitative estimate of drug-likeness (QED) is 0.784. The number of ether oxygens (including phenoxy) is 1. The molecule has 0 aliphatic heterocycles. The van der Waals surface area contributed by atoms with Gasteiger partial charge in [0.2, 0.25) is 0 Å². The van der Waals surface area contributed by atoms with E-state index in [1.807, 2.05) is 36.5 Å². The third-order valence-corrected chi connectivity index (χ3v) is 3.55. The summed E-state index contributed by atoms with van der Waals surface area (Å²) < 4.78 is 21.0. The van der Waals surface area contributed by atoms with Gasteiger partial charge in [0.25, 0.3) is 5.91 Å². The number of benzene rings is 2. The summed E-state index contributed by atoms with van der Waals surface area (Å²) in [5.41, 5.74) is 7.54. The molecule has 0 radical (unpaired) electrons. The van der Waals surface area contributed by atoms with E-state index in [4.69, 9.17) is 10.5 Å². The first kappa shape index (κ1) is 15.7. The third-order valence-electron chi connectivity index (χ3n) is 3.55. The van der Waals surface area contributed by atoms with E-state index < -0.39 is 17.8 Å². The number of carbonyl (C=O) groups excluding carboxylic acids is 1. The number of rotatable bonds is 5. The van der Waals surface area contributed by atoms with Crippen LogP contribution in [0, 0.1) is 5.82 Å². The van der Waals surface area contributed by atoms with Crippen molar-refractivity contribution in [1.29, 1.82) is 0 Å². The number of halogens is 1. The van der Waals surface area contributed by atoms with Gasteiger partial charge in [0.1, 0.15) is 11.6 Å². The Balaban J connectivity index is 1.88. The summed E-state index contributed by atoms with van der Waals surface area (Å²) in [6, 6.07) is 13.7. The van der Waals surface area contributed by atoms with E-state index in [0.717, 1.165) is 11.3 Å². The highest BCUT2D eigenvalue weighted by Gasteiger charge is 2.12.